The lowest BCUT2D eigenvalue weighted by atomic mass is 10.0. The van der Waals surface area contributed by atoms with E-state index < -0.39 is 11.8 Å². The number of imidazole rings is 1. The fourth-order valence-electron chi connectivity index (χ4n) is 3.24. The summed E-state index contributed by atoms with van der Waals surface area (Å²) in [6.45, 7) is 3.83. The molecular formula is C20H27N5O4. The summed E-state index contributed by atoms with van der Waals surface area (Å²) < 4.78 is 9.78. The van der Waals surface area contributed by atoms with Crippen LogP contribution in [0, 0.1) is 0 Å². The van der Waals surface area contributed by atoms with Crippen LogP contribution in [0.2, 0.25) is 0 Å². The van der Waals surface area contributed by atoms with Gasteiger partial charge in [-0.1, -0.05) is 30.3 Å². The lowest BCUT2D eigenvalue weighted by molar-refractivity contribution is 0.107. The van der Waals surface area contributed by atoms with E-state index in [4.69, 9.17) is 4.74 Å². The van der Waals surface area contributed by atoms with Crippen molar-refractivity contribution in [2.75, 3.05) is 19.8 Å². The number of nitrogens with zero attached hydrogens (tertiary/aromatic N) is 4. The number of hydrogen-bond acceptors (Lipinski definition) is 6. The highest BCUT2D eigenvalue weighted by Crippen LogP contribution is 2.15. The molecule has 2 aromatic heterocycles. The van der Waals surface area contributed by atoms with Crippen molar-refractivity contribution in [3.05, 3.63) is 63.1 Å². The van der Waals surface area contributed by atoms with Gasteiger partial charge >= 0.3 is 5.69 Å². The third-order valence-electron chi connectivity index (χ3n) is 5.02. The van der Waals surface area contributed by atoms with Gasteiger partial charge in [-0.3, -0.25) is 13.9 Å². The molecule has 0 bridgehead atoms. The average Bonchev–Trinajstić information content (AvgIpc) is 3.17. The fraction of sp³-hybridized carbons (Fsp3) is 0.450. The Balaban J connectivity index is 1.48. The summed E-state index contributed by atoms with van der Waals surface area (Å²) in [6.07, 6.45) is 0.960. The molecular weight excluding hydrogens is 374 g/mol. The van der Waals surface area contributed by atoms with Crippen LogP contribution in [0.15, 0.2) is 46.2 Å². The number of fused-ring (bicyclic) bond motifs is 1. The first-order valence-corrected chi connectivity index (χ1v) is 9.56. The lowest BCUT2D eigenvalue weighted by Gasteiger charge is -2.20. The number of aliphatic hydroxyl groups excluding tert-OH is 1. The molecule has 3 aromatic rings. The van der Waals surface area contributed by atoms with Crippen LogP contribution in [0.25, 0.3) is 11.2 Å². The van der Waals surface area contributed by atoms with Gasteiger partial charge in [-0.05, 0) is 12.5 Å². The van der Waals surface area contributed by atoms with E-state index >= 15 is 0 Å². The SMILES string of the molecule is CC(NCCOCCn1cnc2c1c(=O)n(C)c(=O)n2C)C(O)c1ccccc1. The van der Waals surface area contributed by atoms with Crippen LogP contribution in [-0.4, -0.2) is 49.6 Å². The topological polar surface area (TPSA) is 103 Å². The predicted octanol–water partition coefficient (Wildman–Crippen LogP) is 0.162. The van der Waals surface area contributed by atoms with Crippen LogP contribution in [0.1, 0.15) is 18.6 Å². The molecule has 2 heterocycles. The Morgan fingerprint density at radius 1 is 1.14 bits per heavy atom. The predicted molar refractivity (Wildman–Crippen MR) is 110 cm³/mol. The minimum atomic E-state index is -0.587. The average molecular weight is 401 g/mol. The minimum Gasteiger partial charge on any atom is -0.387 e. The summed E-state index contributed by atoms with van der Waals surface area (Å²) in [5.41, 5.74) is 0.851. The van der Waals surface area contributed by atoms with E-state index in [0.717, 1.165) is 10.1 Å². The maximum absolute atomic E-state index is 12.4. The second-order valence-corrected chi connectivity index (χ2v) is 7.03. The van der Waals surface area contributed by atoms with Crippen molar-refractivity contribution in [2.45, 2.75) is 25.6 Å². The maximum Gasteiger partial charge on any atom is 0.332 e. The molecule has 0 saturated heterocycles. The number of rotatable bonds is 9. The number of aryl methyl sites for hydroxylation is 1. The summed E-state index contributed by atoms with van der Waals surface area (Å²) in [4.78, 5) is 28.5. The molecule has 0 aliphatic heterocycles. The van der Waals surface area contributed by atoms with Gasteiger partial charge in [-0.15, -0.1) is 0 Å². The Kier molecular flexibility index (Phi) is 6.63. The Hall–Kier alpha value is -2.75. The zero-order valence-electron chi connectivity index (χ0n) is 16.9. The number of nitrogens with one attached hydrogen (secondary N) is 1. The van der Waals surface area contributed by atoms with Crippen molar-refractivity contribution >= 4 is 11.2 Å². The Morgan fingerprint density at radius 3 is 2.59 bits per heavy atom. The molecule has 0 spiro atoms. The normalized spacial score (nSPS) is 13.7. The van der Waals surface area contributed by atoms with Gasteiger partial charge in [0.2, 0.25) is 0 Å². The molecule has 2 atom stereocenters. The van der Waals surface area contributed by atoms with Crippen LogP contribution in [-0.2, 0) is 25.4 Å². The van der Waals surface area contributed by atoms with Gasteiger partial charge in [0.15, 0.2) is 11.2 Å². The quantitative estimate of drug-likeness (QED) is 0.495. The molecule has 2 unspecified atom stereocenters. The summed E-state index contributed by atoms with van der Waals surface area (Å²) in [7, 11) is 3.04. The number of aliphatic hydroxyl groups is 1. The van der Waals surface area contributed by atoms with Gasteiger partial charge in [0.25, 0.3) is 5.56 Å². The third kappa shape index (κ3) is 4.47. The van der Waals surface area contributed by atoms with Crippen molar-refractivity contribution in [1.29, 1.82) is 0 Å². The molecule has 0 radical (unpaired) electrons. The summed E-state index contributed by atoms with van der Waals surface area (Å²) >= 11 is 0. The largest absolute Gasteiger partial charge is 0.387 e. The first kappa shape index (κ1) is 21.0. The number of benzene rings is 1. The summed E-state index contributed by atoms with van der Waals surface area (Å²) in [6, 6.07) is 9.41. The van der Waals surface area contributed by atoms with Gasteiger partial charge in [-0.2, -0.15) is 0 Å². The molecule has 9 heteroatoms. The van der Waals surface area contributed by atoms with Crippen LogP contribution in [0.3, 0.4) is 0 Å². The van der Waals surface area contributed by atoms with E-state index in [1.807, 2.05) is 37.3 Å². The van der Waals surface area contributed by atoms with Crippen LogP contribution >= 0.6 is 0 Å². The minimum absolute atomic E-state index is 0.108. The van der Waals surface area contributed by atoms with Crippen molar-refractivity contribution < 1.29 is 9.84 Å². The highest BCUT2D eigenvalue weighted by Gasteiger charge is 2.15. The van der Waals surface area contributed by atoms with Gasteiger partial charge in [0.05, 0.1) is 25.6 Å². The highest BCUT2D eigenvalue weighted by molar-refractivity contribution is 5.69. The molecule has 9 nitrogen and oxygen atoms in total. The Labute approximate surface area is 168 Å². The Bertz CT molecular complexity index is 1070. The van der Waals surface area contributed by atoms with E-state index in [0.29, 0.717) is 37.5 Å². The van der Waals surface area contributed by atoms with Gasteiger partial charge in [0.1, 0.15) is 0 Å². The van der Waals surface area contributed by atoms with Crippen molar-refractivity contribution in [1.82, 2.24) is 24.0 Å². The number of ether oxygens (including phenoxy) is 1. The van der Waals surface area contributed by atoms with Crippen molar-refractivity contribution in [3.63, 3.8) is 0 Å². The molecule has 0 saturated carbocycles. The van der Waals surface area contributed by atoms with Gasteiger partial charge in [0, 0.05) is 33.2 Å². The van der Waals surface area contributed by atoms with Gasteiger partial charge < -0.3 is 19.7 Å². The van der Waals surface area contributed by atoms with E-state index in [-0.39, 0.29) is 11.6 Å². The van der Waals surface area contributed by atoms with E-state index in [1.54, 1.807) is 17.9 Å². The third-order valence-corrected chi connectivity index (χ3v) is 5.02. The van der Waals surface area contributed by atoms with Crippen molar-refractivity contribution in [2.24, 2.45) is 14.1 Å². The zero-order valence-corrected chi connectivity index (χ0v) is 16.9. The van der Waals surface area contributed by atoms with Crippen LogP contribution < -0.4 is 16.6 Å². The lowest BCUT2D eigenvalue weighted by Crippen LogP contribution is -2.37. The molecule has 0 fully saturated rings. The second-order valence-electron chi connectivity index (χ2n) is 7.03. The van der Waals surface area contributed by atoms with E-state index in [1.165, 1.54) is 11.6 Å². The molecule has 156 valence electrons. The molecule has 29 heavy (non-hydrogen) atoms. The second kappa shape index (κ2) is 9.17. The smallest absolute Gasteiger partial charge is 0.332 e. The molecule has 1 aromatic carbocycles. The van der Waals surface area contributed by atoms with Crippen LogP contribution in [0.5, 0.6) is 0 Å². The maximum atomic E-state index is 12.4. The zero-order chi connectivity index (χ0) is 21.0. The molecule has 3 rings (SSSR count). The van der Waals surface area contributed by atoms with Gasteiger partial charge in [-0.25, -0.2) is 9.78 Å². The summed E-state index contributed by atoms with van der Waals surface area (Å²) in [5.74, 6) is 0. The molecule has 0 aliphatic rings. The first-order valence-electron chi connectivity index (χ1n) is 9.56. The Morgan fingerprint density at radius 2 is 1.86 bits per heavy atom. The standard InChI is InChI=1S/C20H27N5O4/c1-14(17(26)15-7-5-4-6-8-15)21-9-11-29-12-10-25-13-22-18-16(25)19(27)24(3)20(28)23(18)2/h4-8,13-14,17,21,26H,9-12H2,1-3H3. The number of aromatic nitrogens is 4. The fourth-order valence-corrected chi connectivity index (χ4v) is 3.24. The monoisotopic (exact) mass is 401 g/mol. The molecule has 0 aliphatic carbocycles. The van der Waals surface area contributed by atoms with E-state index in [9.17, 15) is 14.7 Å². The van der Waals surface area contributed by atoms with Crippen LogP contribution in [0.4, 0.5) is 0 Å². The van der Waals surface area contributed by atoms with E-state index in [2.05, 4.69) is 10.3 Å². The number of hydrogen-bond donors (Lipinski definition) is 2. The molecule has 0 amide bonds. The highest BCUT2D eigenvalue weighted by atomic mass is 16.5. The summed E-state index contributed by atoms with van der Waals surface area (Å²) in [5, 5.41) is 13.6. The first-order chi connectivity index (χ1) is 13.9. The van der Waals surface area contributed by atoms with Crippen molar-refractivity contribution in [3.8, 4) is 0 Å². The molecule has 2 N–H and O–H groups in total.